The maximum atomic E-state index is 8.31. The highest BCUT2D eigenvalue weighted by molar-refractivity contribution is 5.34. The van der Waals surface area contributed by atoms with Crippen molar-refractivity contribution in [1.29, 1.82) is 0 Å². The molecule has 0 radical (unpaired) electrons. The molecule has 1 aliphatic rings. The highest BCUT2D eigenvalue weighted by atomic mass is 17.2. The lowest BCUT2D eigenvalue weighted by Gasteiger charge is -2.09. The monoisotopic (exact) mass is 168 g/mol. The summed E-state index contributed by atoms with van der Waals surface area (Å²) in [4.78, 5) is 9.09. The predicted octanol–water partition coefficient (Wildman–Crippen LogP) is 0.976. The van der Waals surface area contributed by atoms with Gasteiger partial charge in [-0.15, -0.1) is 0 Å². The van der Waals surface area contributed by atoms with Gasteiger partial charge in [-0.1, -0.05) is 12.1 Å². The number of aliphatic hydroxyl groups is 1. The van der Waals surface area contributed by atoms with Crippen molar-refractivity contribution < 1.29 is 19.6 Å². The van der Waals surface area contributed by atoms with E-state index in [-0.39, 0.29) is 0 Å². The van der Waals surface area contributed by atoms with Crippen LogP contribution in [0.5, 0.6) is 5.75 Å². The van der Waals surface area contributed by atoms with E-state index in [9.17, 15) is 0 Å². The zero-order chi connectivity index (χ0) is 8.39. The second kappa shape index (κ2) is 3.10. The van der Waals surface area contributed by atoms with Gasteiger partial charge in [-0.3, -0.25) is 0 Å². The Morgan fingerprint density at radius 3 is 3.17 bits per heavy atom. The third kappa shape index (κ3) is 1.27. The molecule has 64 valence electrons. The Bertz CT molecular complexity index is 274. The third-order valence-corrected chi connectivity index (χ3v) is 1.58. The molecule has 0 aromatic heterocycles. The van der Waals surface area contributed by atoms with Crippen molar-refractivity contribution in [2.45, 2.75) is 6.29 Å². The molecule has 0 saturated carbocycles. The average molecular weight is 168 g/mol. The van der Waals surface area contributed by atoms with Crippen LogP contribution in [-0.4, -0.2) is 11.9 Å². The van der Waals surface area contributed by atoms with Crippen LogP contribution in [-0.2, 0) is 9.78 Å². The van der Waals surface area contributed by atoms with Gasteiger partial charge in [-0.25, -0.2) is 4.89 Å². The summed E-state index contributed by atoms with van der Waals surface area (Å²) in [5, 5.41) is 8.31. The molecule has 1 N–H and O–H groups in total. The summed E-state index contributed by atoms with van der Waals surface area (Å²) >= 11 is 0. The van der Waals surface area contributed by atoms with Crippen molar-refractivity contribution in [1.82, 2.24) is 0 Å². The molecule has 0 fully saturated rings. The van der Waals surface area contributed by atoms with Crippen LogP contribution in [0, 0.1) is 0 Å². The molecule has 1 atom stereocenters. The van der Waals surface area contributed by atoms with Crippen molar-refractivity contribution in [2.24, 2.45) is 0 Å². The van der Waals surface area contributed by atoms with Crippen LogP contribution in [0.1, 0.15) is 11.9 Å². The van der Waals surface area contributed by atoms with Crippen molar-refractivity contribution in [2.75, 3.05) is 6.79 Å². The smallest absolute Gasteiger partial charge is 0.257 e. The van der Waals surface area contributed by atoms with Crippen LogP contribution in [0.4, 0.5) is 0 Å². The molecular formula is C8H8O4. The standard InChI is InChI=1S/C8H8O4/c9-5-10-12-8-6-2-1-3-7(4-6)11-8/h1-4,8-9H,5H2. The fraction of sp³-hybridized carbons (Fsp3) is 0.250. The summed E-state index contributed by atoms with van der Waals surface area (Å²) < 4.78 is 5.24. The molecule has 12 heavy (non-hydrogen) atoms. The number of fused-ring (bicyclic) bond motifs is 2. The molecule has 1 heterocycles. The molecule has 4 nitrogen and oxygen atoms in total. The van der Waals surface area contributed by atoms with Gasteiger partial charge in [0.05, 0.1) is 0 Å². The molecular weight excluding hydrogens is 160 g/mol. The fourth-order valence-electron chi connectivity index (χ4n) is 1.09. The third-order valence-electron chi connectivity index (χ3n) is 1.58. The molecule has 0 spiro atoms. The van der Waals surface area contributed by atoms with Gasteiger partial charge in [0.2, 0.25) is 0 Å². The molecule has 2 rings (SSSR count). The lowest BCUT2D eigenvalue weighted by atomic mass is 10.2. The summed E-state index contributed by atoms with van der Waals surface area (Å²) in [7, 11) is 0. The van der Waals surface area contributed by atoms with Crippen LogP contribution < -0.4 is 4.74 Å². The van der Waals surface area contributed by atoms with Gasteiger partial charge in [-0.05, 0) is 12.1 Å². The maximum Gasteiger partial charge on any atom is 0.257 e. The number of hydrogen-bond donors (Lipinski definition) is 1. The van der Waals surface area contributed by atoms with E-state index in [1.807, 2.05) is 24.3 Å². The second-order valence-electron chi connectivity index (χ2n) is 2.37. The number of ether oxygens (including phenoxy) is 1. The van der Waals surface area contributed by atoms with Gasteiger partial charge in [0.1, 0.15) is 5.75 Å². The Morgan fingerprint density at radius 1 is 1.50 bits per heavy atom. The van der Waals surface area contributed by atoms with Crippen molar-refractivity contribution in [3.8, 4) is 5.75 Å². The summed E-state index contributed by atoms with van der Waals surface area (Å²) in [5.74, 6) is 0.749. The molecule has 4 heteroatoms. The molecule has 2 bridgehead atoms. The highest BCUT2D eigenvalue weighted by Gasteiger charge is 2.21. The first kappa shape index (κ1) is 7.54. The topological polar surface area (TPSA) is 47.9 Å². The Kier molecular flexibility index (Phi) is 1.95. The van der Waals surface area contributed by atoms with Crippen LogP contribution in [0.2, 0.25) is 0 Å². The van der Waals surface area contributed by atoms with E-state index in [1.54, 1.807) is 0 Å². The summed E-state index contributed by atoms with van der Waals surface area (Å²) in [6, 6.07) is 7.41. The largest absolute Gasteiger partial charge is 0.458 e. The first-order valence-electron chi connectivity index (χ1n) is 3.56. The number of rotatable bonds is 3. The maximum absolute atomic E-state index is 8.31. The minimum Gasteiger partial charge on any atom is -0.458 e. The summed E-state index contributed by atoms with van der Waals surface area (Å²) in [6.45, 7) is -0.476. The first-order chi connectivity index (χ1) is 5.90. The van der Waals surface area contributed by atoms with E-state index in [1.165, 1.54) is 0 Å². The number of benzene rings is 1. The van der Waals surface area contributed by atoms with Crippen LogP contribution in [0.25, 0.3) is 0 Å². The Balaban J connectivity index is 2.03. The van der Waals surface area contributed by atoms with Gasteiger partial charge >= 0.3 is 0 Å². The van der Waals surface area contributed by atoms with Crippen molar-refractivity contribution in [3.05, 3.63) is 29.8 Å². The van der Waals surface area contributed by atoms with Crippen molar-refractivity contribution >= 4 is 0 Å². The zero-order valence-electron chi connectivity index (χ0n) is 6.27. The Labute approximate surface area is 69.2 Å². The zero-order valence-corrected chi connectivity index (χ0v) is 6.27. The minimum absolute atomic E-state index is 0.476. The predicted molar refractivity (Wildman–Crippen MR) is 39.1 cm³/mol. The lowest BCUT2D eigenvalue weighted by Crippen LogP contribution is -2.07. The van der Waals surface area contributed by atoms with E-state index in [0.29, 0.717) is 0 Å². The Morgan fingerprint density at radius 2 is 2.42 bits per heavy atom. The van der Waals surface area contributed by atoms with Gasteiger partial charge in [0.25, 0.3) is 6.29 Å². The number of aliphatic hydroxyl groups excluding tert-OH is 1. The molecule has 1 unspecified atom stereocenters. The van der Waals surface area contributed by atoms with Crippen LogP contribution in [0.3, 0.4) is 0 Å². The molecule has 1 aromatic rings. The van der Waals surface area contributed by atoms with Gasteiger partial charge in [0, 0.05) is 5.56 Å². The van der Waals surface area contributed by atoms with Gasteiger partial charge in [-0.2, -0.15) is 4.89 Å². The average Bonchev–Trinajstić information content (AvgIpc) is 2.38. The van der Waals surface area contributed by atoms with Crippen molar-refractivity contribution in [3.63, 3.8) is 0 Å². The van der Waals surface area contributed by atoms with E-state index in [4.69, 9.17) is 14.7 Å². The fourth-order valence-corrected chi connectivity index (χ4v) is 1.09. The van der Waals surface area contributed by atoms with E-state index < -0.39 is 13.1 Å². The van der Waals surface area contributed by atoms with Crippen LogP contribution in [0.15, 0.2) is 24.3 Å². The van der Waals surface area contributed by atoms with E-state index in [2.05, 4.69) is 4.89 Å². The van der Waals surface area contributed by atoms with Gasteiger partial charge < -0.3 is 9.84 Å². The van der Waals surface area contributed by atoms with E-state index >= 15 is 0 Å². The Hall–Kier alpha value is -1.10. The number of hydrogen-bond acceptors (Lipinski definition) is 4. The molecule has 0 amide bonds. The lowest BCUT2D eigenvalue weighted by molar-refractivity contribution is -0.388. The second-order valence-corrected chi connectivity index (χ2v) is 2.37. The quantitative estimate of drug-likeness (QED) is 0.415. The van der Waals surface area contributed by atoms with E-state index in [0.717, 1.165) is 11.3 Å². The van der Waals surface area contributed by atoms with Crippen LogP contribution >= 0.6 is 0 Å². The molecule has 0 aliphatic carbocycles. The molecule has 0 saturated heterocycles. The SMILES string of the molecule is OCOOC1Oc2cccc1c2. The summed E-state index contributed by atoms with van der Waals surface area (Å²) in [5.41, 5.74) is 0.890. The van der Waals surface area contributed by atoms with Gasteiger partial charge in [0.15, 0.2) is 6.79 Å². The minimum atomic E-state index is -0.540. The first-order valence-corrected chi connectivity index (χ1v) is 3.56. The molecule has 1 aromatic carbocycles. The normalized spacial score (nSPS) is 19.2. The summed E-state index contributed by atoms with van der Waals surface area (Å²) in [6.07, 6.45) is -0.540. The highest BCUT2D eigenvalue weighted by Crippen LogP contribution is 2.31. The molecule has 1 aliphatic heterocycles.